The van der Waals surface area contributed by atoms with E-state index in [1.165, 1.54) is 10.5 Å². The minimum atomic E-state index is -4.50. The van der Waals surface area contributed by atoms with Crippen molar-refractivity contribution in [3.63, 3.8) is 0 Å². The van der Waals surface area contributed by atoms with Crippen molar-refractivity contribution < 1.29 is 22.7 Å². The Kier molecular flexibility index (Phi) is 6.42. The molecule has 0 aromatic heterocycles. The third kappa shape index (κ3) is 5.45. The lowest BCUT2D eigenvalue weighted by Crippen LogP contribution is -2.47. The van der Waals surface area contributed by atoms with Crippen LogP contribution in [0.25, 0.3) is 0 Å². The molecule has 1 aromatic carbocycles. The van der Waals surface area contributed by atoms with Crippen LogP contribution in [0.15, 0.2) is 30.3 Å². The van der Waals surface area contributed by atoms with E-state index in [2.05, 4.69) is 12.1 Å². The minimum absolute atomic E-state index is 0.0809. The first-order chi connectivity index (χ1) is 12.8. The van der Waals surface area contributed by atoms with Crippen LogP contribution in [0, 0.1) is 0 Å². The molecule has 2 aliphatic rings. The predicted molar refractivity (Wildman–Crippen MR) is 96.2 cm³/mol. The molecular weight excluding hydrogens is 357 g/mol. The molecule has 0 bridgehead atoms. The van der Waals surface area contributed by atoms with E-state index in [0.717, 1.165) is 25.7 Å². The number of carbonyl (C=O) groups excluding carboxylic acids is 1. The van der Waals surface area contributed by atoms with Crippen LogP contribution in [0.1, 0.15) is 50.0 Å². The van der Waals surface area contributed by atoms with Gasteiger partial charge in [0.05, 0.1) is 18.8 Å². The fourth-order valence-electron chi connectivity index (χ4n) is 4.20. The summed E-state index contributed by atoms with van der Waals surface area (Å²) in [5.41, 5.74) is 7.37. The zero-order valence-electron chi connectivity index (χ0n) is 15.3. The standard InChI is InChI=1S/C20H27F3N2O2/c21-20(22,23)12-19(26)25-11-10-17(24)18(25)13-27-16-8-6-15(7-9-16)14-4-2-1-3-5-14/h1-5,15-18H,6-13,24H2. The summed E-state index contributed by atoms with van der Waals surface area (Å²) in [5, 5.41) is 0. The second-order valence-corrected chi connectivity index (χ2v) is 7.62. The molecule has 3 rings (SSSR count). The van der Waals surface area contributed by atoms with E-state index < -0.39 is 24.5 Å². The lowest BCUT2D eigenvalue weighted by molar-refractivity contribution is -0.163. The number of nitrogens with zero attached hydrogens (tertiary/aromatic N) is 1. The second kappa shape index (κ2) is 8.61. The Morgan fingerprint density at radius 1 is 1.11 bits per heavy atom. The Bertz CT molecular complexity index is 615. The van der Waals surface area contributed by atoms with Crippen molar-refractivity contribution in [1.29, 1.82) is 0 Å². The van der Waals surface area contributed by atoms with Gasteiger partial charge < -0.3 is 15.4 Å². The number of rotatable bonds is 5. The third-order valence-corrected chi connectivity index (χ3v) is 5.72. The summed E-state index contributed by atoms with van der Waals surface area (Å²) < 4.78 is 43.6. The number of benzene rings is 1. The Labute approximate surface area is 157 Å². The second-order valence-electron chi connectivity index (χ2n) is 7.62. The van der Waals surface area contributed by atoms with Gasteiger partial charge in [-0.05, 0) is 43.6 Å². The first kappa shape index (κ1) is 20.1. The summed E-state index contributed by atoms with van der Waals surface area (Å²) in [7, 11) is 0. The van der Waals surface area contributed by atoms with Gasteiger partial charge in [0.25, 0.3) is 0 Å². The van der Waals surface area contributed by atoms with E-state index in [0.29, 0.717) is 12.3 Å². The molecule has 1 amide bonds. The summed E-state index contributed by atoms with van der Waals surface area (Å²) in [4.78, 5) is 13.2. The predicted octanol–water partition coefficient (Wildman–Crippen LogP) is 3.61. The van der Waals surface area contributed by atoms with Gasteiger partial charge in [0, 0.05) is 12.6 Å². The van der Waals surface area contributed by atoms with Crippen molar-refractivity contribution in [3.05, 3.63) is 35.9 Å². The topological polar surface area (TPSA) is 55.6 Å². The highest BCUT2D eigenvalue weighted by Crippen LogP contribution is 2.34. The number of alkyl halides is 3. The Balaban J connectivity index is 1.48. The van der Waals surface area contributed by atoms with Crippen LogP contribution in [-0.4, -0.2) is 48.3 Å². The summed E-state index contributed by atoms with van der Waals surface area (Å²) >= 11 is 0. The number of hydrogen-bond donors (Lipinski definition) is 1. The van der Waals surface area contributed by atoms with Crippen LogP contribution in [0.3, 0.4) is 0 Å². The molecule has 1 aliphatic heterocycles. The van der Waals surface area contributed by atoms with Crippen LogP contribution in [-0.2, 0) is 9.53 Å². The molecular formula is C20H27F3N2O2. The maximum absolute atomic E-state index is 12.5. The number of hydrogen-bond acceptors (Lipinski definition) is 3. The molecule has 1 heterocycles. The molecule has 27 heavy (non-hydrogen) atoms. The highest BCUT2D eigenvalue weighted by atomic mass is 19.4. The van der Waals surface area contributed by atoms with Crippen molar-refractivity contribution in [2.45, 2.75) is 68.8 Å². The van der Waals surface area contributed by atoms with Crippen molar-refractivity contribution >= 4 is 5.91 Å². The van der Waals surface area contributed by atoms with Gasteiger partial charge in [-0.15, -0.1) is 0 Å². The van der Waals surface area contributed by atoms with Crippen LogP contribution in [0.4, 0.5) is 13.2 Å². The minimum Gasteiger partial charge on any atom is -0.376 e. The highest BCUT2D eigenvalue weighted by molar-refractivity contribution is 5.77. The lowest BCUT2D eigenvalue weighted by atomic mass is 9.83. The van der Waals surface area contributed by atoms with Gasteiger partial charge in [-0.25, -0.2) is 0 Å². The summed E-state index contributed by atoms with van der Waals surface area (Å²) in [6.45, 7) is 0.482. The van der Waals surface area contributed by atoms with Gasteiger partial charge in [-0.1, -0.05) is 30.3 Å². The number of amides is 1. The summed E-state index contributed by atoms with van der Waals surface area (Å²) in [5.74, 6) is -0.374. The van der Waals surface area contributed by atoms with Gasteiger partial charge >= 0.3 is 6.18 Å². The van der Waals surface area contributed by atoms with Crippen LogP contribution < -0.4 is 5.73 Å². The Hall–Kier alpha value is -1.60. The fraction of sp³-hybridized carbons (Fsp3) is 0.650. The van der Waals surface area contributed by atoms with E-state index in [4.69, 9.17) is 10.5 Å². The molecule has 0 spiro atoms. The highest BCUT2D eigenvalue weighted by Gasteiger charge is 2.40. The number of likely N-dealkylation sites (tertiary alicyclic amines) is 1. The average Bonchev–Trinajstić information content (AvgIpc) is 3.00. The monoisotopic (exact) mass is 384 g/mol. The summed E-state index contributed by atoms with van der Waals surface area (Å²) in [6.07, 6.45) is -1.44. The maximum Gasteiger partial charge on any atom is 0.397 e. The molecule has 1 saturated carbocycles. The van der Waals surface area contributed by atoms with Crippen LogP contribution >= 0.6 is 0 Å². The van der Waals surface area contributed by atoms with Crippen molar-refractivity contribution in [3.8, 4) is 0 Å². The largest absolute Gasteiger partial charge is 0.397 e. The van der Waals surface area contributed by atoms with E-state index in [1.807, 2.05) is 18.2 Å². The van der Waals surface area contributed by atoms with Crippen molar-refractivity contribution in [2.75, 3.05) is 13.2 Å². The van der Waals surface area contributed by atoms with Crippen molar-refractivity contribution in [2.24, 2.45) is 5.73 Å². The van der Waals surface area contributed by atoms with Gasteiger partial charge in [0.2, 0.25) is 5.91 Å². The van der Waals surface area contributed by atoms with Gasteiger partial charge in [0.1, 0.15) is 6.42 Å². The molecule has 4 nitrogen and oxygen atoms in total. The molecule has 2 unspecified atom stereocenters. The van der Waals surface area contributed by atoms with Crippen molar-refractivity contribution in [1.82, 2.24) is 4.90 Å². The van der Waals surface area contributed by atoms with Gasteiger partial charge in [0.15, 0.2) is 0 Å². The van der Waals surface area contributed by atoms with E-state index in [9.17, 15) is 18.0 Å². The Morgan fingerprint density at radius 2 is 1.78 bits per heavy atom. The van der Waals surface area contributed by atoms with Gasteiger partial charge in [-0.2, -0.15) is 13.2 Å². The molecule has 2 atom stereocenters. The zero-order chi connectivity index (χ0) is 19.4. The number of ether oxygens (including phenoxy) is 1. The van der Waals surface area contributed by atoms with E-state index in [-0.39, 0.29) is 25.3 Å². The molecule has 2 fully saturated rings. The summed E-state index contributed by atoms with van der Waals surface area (Å²) in [6, 6.07) is 9.60. The molecule has 7 heteroatoms. The average molecular weight is 384 g/mol. The van der Waals surface area contributed by atoms with E-state index >= 15 is 0 Å². The van der Waals surface area contributed by atoms with E-state index in [1.54, 1.807) is 0 Å². The molecule has 2 N–H and O–H groups in total. The first-order valence-electron chi connectivity index (χ1n) is 9.62. The normalized spacial score (nSPS) is 29.1. The maximum atomic E-state index is 12.5. The molecule has 150 valence electrons. The number of nitrogens with two attached hydrogens (primary N) is 1. The fourth-order valence-corrected chi connectivity index (χ4v) is 4.20. The quantitative estimate of drug-likeness (QED) is 0.844. The SMILES string of the molecule is NC1CCN(C(=O)CC(F)(F)F)C1COC1CCC(c2ccccc2)CC1. The molecule has 0 radical (unpaired) electrons. The molecule has 1 saturated heterocycles. The lowest BCUT2D eigenvalue weighted by Gasteiger charge is -2.32. The van der Waals surface area contributed by atoms with Crippen LogP contribution in [0.5, 0.6) is 0 Å². The van der Waals surface area contributed by atoms with Gasteiger partial charge in [-0.3, -0.25) is 4.79 Å². The number of halogens is 3. The smallest absolute Gasteiger partial charge is 0.376 e. The third-order valence-electron chi connectivity index (χ3n) is 5.72. The Morgan fingerprint density at radius 3 is 2.41 bits per heavy atom. The molecule has 1 aliphatic carbocycles. The molecule has 1 aromatic rings. The van der Waals surface area contributed by atoms with Crippen LogP contribution in [0.2, 0.25) is 0 Å². The first-order valence-corrected chi connectivity index (χ1v) is 9.62. The number of carbonyl (C=O) groups is 1. The zero-order valence-corrected chi connectivity index (χ0v) is 15.3.